The van der Waals surface area contributed by atoms with Crippen LogP contribution < -0.4 is 0 Å². The SMILES string of the molecule is Cc1ccc([C@H]2CN(C(=O)c3ccc(-n4cnnn4)cc3)C[C@@H]2N(C)C)cc1. The van der Waals surface area contributed by atoms with Gasteiger partial charge in [0.1, 0.15) is 6.33 Å². The van der Waals surface area contributed by atoms with Gasteiger partial charge in [-0.15, -0.1) is 5.10 Å². The topological polar surface area (TPSA) is 67.2 Å². The highest BCUT2D eigenvalue weighted by Crippen LogP contribution is 2.31. The van der Waals surface area contributed by atoms with Crippen molar-refractivity contribution < 1.29 is 4.79 Å². The molecule has 7 nitrogen and oxygen atoms in total. The Labute approximate surface area is 164 Å². The fraction of sp³-hybridized carbons (Fsp3) is 0.333. The molecule has 0 N–H and O–H groups in total. The fourth-order valence-corrected chi connectivity index (χ4v) is 3.84. The molecule has 1 aromatic heterocycles. The third-order valence-electron chi connectivity index (χ3n) is 5.47. The van der Waals surface area contributed by atoms with Gasteiger partial charge >= 0.3 is 0 Å². The highest BCUT2D eigenvalue weighted by Gasteiger charge is 2.37. The molecule has 7 heteroatoms. The third-order valence-corrected chi connectivity index (χ3v) is 5.47. The lowest BCUT2D eigenvalue weighted by Gasteiger charge is -2.25. The maximum Gasteiger partial charge on any atom is 0.253 e. The van der Waals surface area contributed by atoms with Crippen LogP contribution in [0, 0.1) is 6.92 Å². The Morgan fingerprint density at radius 2 is 1.75 bits per heavy atom. The molecule has 1 fully saturated rings. The van der Waals surface area contributed by atoms with E-state index in [9.17, 15) is 4.79 Å². The largest absolute Gasteiger partial charge is 0.336 e. The van der Waals surface area contributed by atoms with Crippen molar-refractivity contribution in [2.45, 2.75) is 18.9 Å². The summed E-state index contributed by atoms with van der Waals surface area (Å²) in [4.78, 5) is 17.3. The number of benzene rings is 2. The van der Waals surface area contributed by atoms with Crippen molar-refractivity contribution in [3.8, 4) is 5.69 Å². The maximum atomic E-state index is 13.1. The molecule has 0 saturated carbocycles. The Morgan fingerprint density at radius 1 is 1.04 bits per heavy atom. The molecular formula is C21H24N6O. The van der Waals surface area contributed by atoms with Crippen LogP contribution in [0.15, 0.2) is 54.9 Å². The van der Waals surface area contributed by atoms with Crippen LogP contribution in [-0.2, 0) is 0 Å². The lowest BCUT2D eigenvalue weighted by atomic mass is 9.93. The summed E-state index contributed by atoms with van der Waals surface area (Å²) >= 11 is 0. The molecule has 0 aliphatic carbocycles. The van der Waals surface area contributed by atoms with Gasteiger partial charge in [-0.1, -0.05) is 29.8 Å². The molecule has 2 atom stereocenters. The number of nitrogens with zero attached hydrogens (tertiary/aromatic N) is 6. The van der Waals surface area contributed by atoms with Crippen LogP contribution in [0.1, 0.15) is 27.4 Å². The van der Waals surface area contributed by atoms with E-state index < -0.39 is 0 Å². The van der Waals surface area contributed by atoms with Gasteiger partial charge in [-0.05, 0) is 61.3 Å². The van der Waals surface area contributed by atoms with Gasteiger partial charge in [0.25, 0.3) is 5.91 Å². The predicted molar refractivity (Wildman–Crippen MR) is 106 cm³/mol. The first-order valence-corrected chi connectivity index (χ1v) is 9.38. The number of carbonyl (C=O) groups excluding carboxylic acids is 1. The number of hydrogen-bond donors (Lipinski definition) is 0. The zero-order valence-corrected chi connectivity index (χ0v) is 16.4. The van der Waals surface area contributed by atoms with Gasteiger partial charge in [-0.2, -0.15) is 0 Å². The van der Waals surface area contributed by atoms with Gasteiger partial charge in [-0.25, -0.2) is 4.68 Å². The number of aryl methyl sites for hydroxylation is 1. The Morgan fingerprint density at radius 3 is 2.36 bits per heavy atom. The van der Waals surface area contributed by atoms with Crippen LogP contribution in [0.2, 0.25) is 0 Å². The van der Waals surface area contributed by atoms with Crippen molar-refractivity contribution in [2.75, 3.05) is 27.2 Å². The molecule has 144 valence electrons. The van der Waals surface area contributed by atoms with Gasteiger partial charge in [0.2, 0.25) is 0 Å². The first kappa shape index (κ1) is 18.3. The number of hydrogen-bond acceptors (Lipinski definition) is 5. The van der Waals surface area contributed by atoms with E-state index in [0.29, 0.717) is 17.5 Å². The molecule has 4 rings (SSSR count). The molecule has 2 heterocycles. The van der Waals surface area contributed by atoms with Crippen molar-refractivity contribution in [1.82, 2.24) is 30.0 Å². The van der Waals surface area contributed by atoms with E-state index in [1.54, 1.807) is 4.68 Å². The van der Waals surface area contributed by atoms with Crippen molar-refractivity contribution in [3.63, 3.8) is 0 Å². The Balaban J connectivity index is 1.53. The van der Waals surface area contributed by atoms with Crippen LogP contribution >= 0.6 is 0 Å². The molecule has 28 heavy (non-hydrogen) atoms. The first-order chi connectivity index (χ1) is 13.5. The first-order valence-electron chi connectivity index (χ1n) is 9.38. The van der Waals surface area contributed by atoms with E-state index in [2.05, 4.69) is 65.7 Å². The molecule has 1 aliphatic heterocycles. The van der Waals surface area contributed by atoms with E-state index in [1.807, 2.05) is 29.2 Å². The van der Waals surface area contributed by atoms with E-state index in [4.69, 9.17) is 0 Å². The van der Waals surface area contributed by atoms with Crippen LogP contribution in [-0.4, -0.2) is 69.1 Å². The summed E-state index contributed by atoms with van der Waals surface area (Å²) in [6.07, 6.45) is 1.53. The zero-order valence-electron chi connectivity index (χ0n) is 16.4. The third kappa shape index (κ3) is 3.53. The van der Waals surface area contributed by atoms with Crippen molar-refractivity contribution in [2.24, 2.45) is 0 Å². The molecule has 1 aliphatic rings. The standard InChI is InChI=1S/C21H24N6O/c1-15-4-6-16(7-5-15)19-12-26(13-20(19)25(2)3)21(28)17-8-10-18(11-9-17)27-14-22-23-24-27/h4-11,14,19-20H,12-13H2,1-3H3/t19-,20+/m1/s1. The molecule has 0 bridgehead atoms. The molecule has 0 spiro atoms. The van der Waals surface area contributed by atoms with Gasteiger partial charge in [0.05, 0.1) is 5.69 Å². The van der Waals surface area contributed by atoms with Gasteiger partial charge in [0.15, 0.2) is 0 Å². The summed E-state index contributed by atoms with van der Waals surface area (Å²) in [5, 5.41) is 11.2. The second-order valence-corrected chi connectivity index (χ2v) is 7.56. The van der Waals surface area contributed by atoms with E-state index >= 15 is 0 Å². The number of aromatic nitrogens is 4. The average molecular weight is 376 g/mol. The summed E-state index contributed by atoms with van der Waals surface area (Å²) in [7, 11) is 4.17. The fourth-order valence-electron chi connectivity index (χ4n) is 3.84. The minimum absolute atomic E-state index is 0.0599. The van der Waals surface area contributed by atoms with Gasteiger partial charge < -0.3 is 9.80 Å². The Bertz CT molecular complexity index is 934. The summed E-state index contributed by atoms with van der Waals surface area (Å²) in [6, 6.07) is 16.4. The minimum atomic E-state index is 0.0599. The molecule has 2 aromatic carbocycles. The number of rotatable bonds is 4. The van der Waals surface area contributed by atoms with Crippen LogP contribution in [0.3, 0.4) is 0 Å². The molecular weight excluding hydrogens is 352 g/mol. The van der Waals surface area contributed by atoms with Gasteiger partial charge in [0, 0.05) is 30.6 Å². The van der Waals surface area contributed by atoms with Crippen LogP contribution in [0.25, 0.3) is 5.69 Å². The average Bonchev–Trinajstić information content (AvgIpc) is 3.38. The molecule has 0 radical (unpaired) electrons. The summed E-state index contributed by atoms with van der Waals surface area (Å²) in [5.74, 6) is 0.366. The highest BCUT2D eigenvalue weighted by molar-refractivity contribution is 5.94. The Kier molecular flexibility index (Phi) is 4.92. The number of likely N-dealkylation sites (N-methyl/N-ethyl adjacent to an activating group) is 1. The maximum absolute atomic E-state index is 13.1. The monoisotopic (exact) mass is 376 g/mol. The molecule has 1 saturated heterocycles. The molecule has 0 unspecified atom stereocenters. The normalized spacial score (nSPS) is 19.4. The Hall–Kier alpha value is -3.06. The van der Waals surface area contributed by atoms with Crippen molar-refractivity contribution >= 4 is 5.91 Å². The molecule has 3 aromatic rings. The predicted octanol–water partition coefficient (Wildman–Crippen LogP) is 2.14. The van der Waals surface area contributed by atoms with Gasteiger partial charge in [-0.3, -0.25) is 4.79 Å². The second kappa shape index (κ2) is 7.52. The quantitative estimate of drug-likeness (QED) is 0.698. The minimum Gasteiger partial charge on any atom is -0.336 e. The van der Waals surface area contributed by atoms with E-state index in [1.165, 1.54) is 17.5 Å². The lowest BCUT2D eigenvalue weighted by Crippen LogP contribution is -2.35. The lowest BCUT2D eigenvalue weighted by molar-refractivity contribution is 0.0782. The second-order valence-electron chi connectivity index (χ2n) is 7.56. The number of likely N-dealkylation sites (tertiary alicyclic amines) is 1. The number of carbonyl (C=O) groups is 1. The molecule has 1 amide bonds. The van der Waals surface area contributed by atoms with Crippen LogP contribution in [0.4, 0.5) is 0 Å². The highest BCUT2D eigenvalue weighted by atomic mass is 16.2. The number of amides is 1. The van der Waals surface area contributed by atoms with Crippen molar-refractivity contribution in [3.05, 3.63) is 71.5 Å². The van der Waals surface area contributed by atoms with E-state index in [-0.39, 0.29) is 5.91 Å². The zero-order chi connectivity index (χ0) is 19.7. The summed E-state index contributed by atoms with van der Waals surface area (Å²) < 4.78 is 1.57. The van der Waals surface area contributed by atoms with E-state index in [0.717, 1.165) is 18.8 Å². The summed E-state index contributed by atoms with van der Waals surface area (Å²) in [5.41, 5.74) is 4.04. The summed E-state index contributed by atoms with van der Waals surface area (Å²) in [6.45, 7) is 3.54. The number of tetrazole rings is 1. The van der Waals surface area contributed by atoms with Crippen LogP contribution in [0.5, 0.6) is 0 Å². The smallest absolute Gasteiger partial charge is 0.253 e. The van der Waals surface area contributed by atoms with Crippen molar-refractivity contribution in [1.29, 1.82) is 0 Å².